The first-order valence-electron chi connectivity index (χ1n) is 6.89. The molecular weight excluding hydrogens is 278 g/mol. The maximum Gasteiger partial charge on any atom is 0.169 e. The molecular formula is C17H15N3S. The van der Waals surface area contributed by atoms with Crippen LogP contribution in [0, 0.1) is 11.3 Å². The number of nitriles is 1. The topological polar surface area (TPSA) is 41.6 Å². The van der Waals surface area contributed by atoms with Gasteiger partial charge in [-0.25, -0.2) is 4.98 Å². The molecule has 0 amide bonds. The minimum absolute atomic E-state index is 0.740. The fraction of sp³-hybridized carbons (Fsp3) is 0.176. The third-order valence-corrected chi connectivity index (χ3v) is 4.46. The van der Waals surface area contributed by atoms with Crippen molar-refractivity contribution >= 4 is 22.8 Å². The van der Waals surface area contributed by atoms with E-state index in [1.165, 1.54) is 0 Å². The van der Waals surface area contributed by atoms with Crippen LogP contribution in [0.4, 0.5) is 0 Å². The largest absolute Gasteiger partial charge is 0.319 e. The zero-order chi connectivity index (χ0) is 14.7. The SMILES string of the molecule is CCn1c(SCc2ccccc2C#N)nc2ccccc21. The third-order valence-electron chi connectivity index (χ3n) is 3.43. The molecule has 3 nitrogen and oxygen atoms in total. The zero-order valence-electron chi connectivity index (χ0n) is 11.8. The molecule has 4 heteroatoms. The van der Waals surface area contributed by atoms with Gasteiger partial charge in [-0.05, 0) is 30.7 Å². The summed E-state index contributed by atoms with van der Waals surface area (Å²) < 4.78 is 2.22. The van der Waals surface area contributed by atoms with E-state index < -0.39 is 0 Å². The number of thioether (sulfide) groups is 1. The molecule has 0 saturated carbocycles. The minimum Gasteiger partial charge on any atom is -0.319 e. The molecule has 3 rings (SSSR count). The number of imidazole rings is 1. The Bertz CT molecular complexity index is 814. The van der Waals surface area contributed by atoms with Gasteiger partial charge in [-0.2, -0.15) is 5.26 Å². The Morgan fingerprint density at radius 1 is 1.14 bits per heavy atom. The van der Waals surface area contributed by atoms with Gasteiger partial charge in [-0.1, -0.05) is 42.1 Å². The van der Waals surface area contributed by atoms with Gasteiger partial charge in [0.2, 0.25) is 0 Å². The molecule has 1 aromatic heterocycles. The summed E-state index contributed by atoms with van der Waals surface area (Å²) in [4.78, 5) is 4.70. The van der Waals surface area contributed by atoms with Crippen LogP contribution in [-0.2, 0) is 12.3 Å². The van der Waals surface area contributed by atoms with Crippen molar-refractivity contribution in [2.45, 2.75) is 24.4 Å². The molecule has 0 N–H and O–H groups in total. The van der Waals surface area contributed by atoms with Gasteiger partial charge in [-0.15, -0.1) is 0 Å². The van der Waals surface area contributed by atoms with Gasteiger partial charge in [0.1, 0.15) is 0 Å². The lowest BCUT2D eigenvalue weighted by molar-refractivity contribution is 0.702. The molecule has 0 aliphatic heterocycles. The summed E-state index contributed by atoms with van der Waals surface area (Å²) in [5.41, 5.74) is 3.98. The molecule has 0 fully saturated rings. The molecule has 104 valence electrons. The number of para-hydroxylation sites is 2. The highest BCUT2D eigenvalue weighted by atomic mass is 32.2. The van der Waals surface area contributed by atoms with Crippen LogP contribution in [0.15, 0.2) is 53.7 Å². The van der Waals surface area contributed by atoms with Crippen molar-refractivity contribution < 1.29 is 0 Å². The van der Waals surface area contributed by atoms with Crippen LogP contribution in [0.2, 0.25) is 0 Å². The molecule has 0 saturated heterocycles. The van der Waals surface area contributed by atoms with Gasteiger partial charge in [0.05, 0.1) is 22.7 Å². The van der Waals surface area contributed by atoms with Crippen molar-refractivity contribution in [3.05, 3.63) is 59.7 Å². The van der Waals surface area contributed by atoms with Gasteiger partial charge in [-0.3, -0.25) is 0 Å². The van der Waals surface area contributed by atoms with Crippen LogP contribution in [0.1, 0.15) is 18.1 Å². The average molecular weight is 293 g/mol. The fourth-order valence-electron chi connectivity index (χ4n) is 2.37. The van der Waals surface area contributed by atoms with E-state index in [0.29, 0.717) is 0 Å². The normalized spacial score (nSPS) is 10.7. The van der Waals surface area contributed by atoms with Crippen molar-refractivity contribution in [3.8, 4) is 6.07 Å². The molecule has 1 heterocycles. The monoisotopic (exact) mass is 293 g/mol. The van der Waals surface area contributed by atoms with Crippen molar-refractivity contribution in [2.75, 3.05) is 0 Å². The van der Waals surface area contributed by atoms with Crippen LogP contribution in [0.5, 0.6) is 0 Å². The summed E-state index contributed by atoms with van der Waals surface area (Å²) in [6.07, 6.45) is 0. The molecule has 0 radical (unpaired) electrons. The Labute approximate surface area is 128 Å². The lowest BCUT2D eigenvalue weighted by atomic mass is 10.1. The highest BCUT2D eigenvalue weighted by molar-refractivity contribution is 7.98. The van der Waals surface area contributed by atoms with Gasteiger partial charge in [0.15, 0.2) is 5.16 Å². The second kappa shape index (κ2) is 6.02. The second-order valence-electron chi connectivity index (χ2n) is 4.68. The van der Waals surface area contributed by atoms with Crippen LogP contribution in [-0.4, -0.2) is 9.55 Å². The van der Waals surface area contributed by atoms with E-state index in [-0.39, 0.29) is 0 Å². The molecule has 21 heavy (non-hydrogen) atoms. The predicted octanol–water partition coefficient (Wildman–Crippen LogP) is 4.22. The summed E-state index contributed by atoms with van der Waals surface area (Å²) in [7, 11) is 0. The predicted molar refractivity (Wildman–Crippen MR) is 86.1 cm³/mol. The quantitative estimate of drug-likeness (QED) is 0.676. The molecule has 0 aliphatic rings. The Kier molecular flexibility index (Phi) is 3.94. The number of fused-ring (bicyclic) bond motifs is 1. The molecule has 0 bridgehead atoms. The summed E-state index contributed by atoms with van der Waals surface area (Å²) in [5, 5.41) is 10.2. The van der Waals surface area contributed by atoms with E-state index in [4.69, 9.17) is 10.2 Å². The van der Waals surface area contributed by atoms with Crippen molar-refractivity contribution in [2.24, 2.45) is 0 Å². The van der Waals surface area contributed by atoms with E-state index in [0.717, 1.165) is 39.6 Å². The van der Waals surface area contributed by atoms with Gasteiger partial charge >= 0.3 is 0 Å². The fourth-order valence-corrected chi connectivity index (χ4v) is 3.45. The second-order valence-corrected chi connectivity index (χ2v) is 5.63. The Hall–Kier alpha value is -2.25. The smallest absolute Gasteiger partial charge is 0.169 e. The number of aryl methyl sites for hydroxylation is 1. The molecule has 3 aromatic rings. The van der Waals surface area contributed by atoms with E-state index in [9.17, 15) is 0 Å². The maximum absolute atomic E-state index is 9.15. The minimum atomic E-state index is 0.740. The van der Waals surface area contributed by atoms with E-state index >= 15 is 0 Å². The van der Waals surface area contributed by atoms with Crippen molar-refractivity contribution in [1.29, 1.82) is 5.26 Å². The summed E-state index contributed by atoms with van der Waals surface area (Å²) in [5.74, 6) is 0.757. The molecule has 0 unspecified atom stereocenters. The summed E-state index contributed by atoms with van der Waals surface area (Å²) >= 11 is 1.68. The number of aromatic nitrogens is 2. The lowest BCUT2D eigenvalue weighted by Crippen LogP contribution is -1.97. The number of nitrogens with zero attached hydrogens (tertiary/aromatic N) is 3. The Morgan fingerprint density at radius 2 is 1.90 bits per heavy atom. The molecule has 0 aliphatic carbocycles. The number of hydrogen-bond acceptors (Lipinski definition) is 3. The highest BCUT2D eigenvalue weighted by Crippen LogP contribution is 2.27. The summed E-state index contributed by atoms with van der Waals surface area (Å²) in [6.45, 7) is 3.02. The third kappa shape index (κ3) is 2.65. The molecule has 0 atom stereocenters. The highest BCUT2D eigenvalue weighted by Gasteiger charge is 2.10. The van der Waals surface area contributed by atoms with E-state index in [1.54, 1.807) is 11.8 Å². The van der Waals surface area contributed by atoms with E-state index in [1.807, 2.05) is 42.5 Å². The Morgan fingerprint density at radius 3 is 2.71 bits per heavy atom. The maximum atomic E-state index is 9.15. The number of rotatable bonds is 4. The standard InChI is InChI=1S/C17H15N3S/c1-2-20-16-10-6-5-9-15(16)19-17(20)21-12-14-8-4-3-7-13(14)11-18/h3-10H,2,12H2,1H3. The van der Waals surface area contributed by atoms with Crippen molar-refractivity contribution in [1.82, 2.24) is 9.55 Å². The number of hydrogen-bond donors (Lipinski definition) is 0. The van der Waals surface area contributed by atoms with Crippen LogP contribution >= 0.6 is 11.8 Å². The van der Waals surface area contributed by atoms with Crippen LogP contribution in [0.25, 0.3) is 11.0 Å². The first-order chi connectivity index (χ1) is 10.3. The van der Waals surface area contributed by atoms with Gasteiger partial charge < -0.3 is 4.57 Å². The number of benzene rings is 2. The van der Waals surface area contributed by atoms with Crippen LogP contribution in [0.3, 0.4) is 0 Å². The molecule has 2 aromatic carbocycles. The van der Waals surface area contributed by atoms with Crippen molar-refractivity contribution in [3.63, 3.8) is 0 Å². The molecule has 0 spiro atoms. The first-order valence-corrected chi connectivity index (χ1v) is 7.88. The summed E-state index contributed by atoms with van der Waals surface area (Å²) in [6, 6.07) is 18.2. The zero-order valence-corrected chi connectivity index (χ0v) is 12.6. The van der Waals surface area contributed by atoms with E-state index in [2.05, 4.69) is 23.6 Å². The lowest BCUT2D eigenvalue weighted by Gasteiger charge is -2.06. The average Bonchev–Trinajstić information content (AvgIpc) is 2.90. The van der Waals surface area contributed by atoms with Crippen LogP contribution < -0.4 is 0 Å². The first kappa shape index (κ1) is 13.7. The van der Waals surface area contributed by atoms with Gasteiger partial charge in [0.25, 0.3) is 0 Å². The van der Waals surface area contributed by atoms with Gasteiger partial charge in [0, 0.05) is 12.3 Å². The Balaban J connectivity index is 1.90.